The summed E-state index contributed by atoms with van der Waals surface area (Å²) in [7, 11) is -19.0. The van der Waals surface area contributed by atoms with Crippen molar-refractivity contribution in [2.45, 2.75) is 57.8 Å². The number of hydrogen-bond donors (Lipinski definition) is 9. The van der Waals surface area contributed by atoms with Gasteiger partial charge in [0.25, 0.3) is 0 Å². The highest BCUT2D eigenvalue weighted by molar-refractivity contribution is 8.72. The number of amides is 2. The number of phosphoric ester groups is 3. The number of imidazole rings is 1. The van der Waals surface area contributed by atoms with Gasteiger partial charge in [0.15, 0.2) is 17.7 Å². The summed E-state index contributed by atoms with van der Waals surface area (Å²) >= 11 is 0. The molecular weight excluding hydrogens is 819 g/mol. The number of carbonyl (C=O) groups excluding carboxylic acids is 2. The zero-order valence-electron chi connectivity index (χ0n) is 28.1. The molecule has 10 N–H and O–H groups in total. The van der Waals surface area contributed by atoms with Crippen molar-refractivity contribution in [3.63, 3.8) is 0 Å². The van der Waals surface area contributed by atoms with Crippen LogP contribution in [-0.4, -0.2) is 132 Å². The summed E-state index contributed by atoms with van der Waals surface area (Å²) in [4.78, 5) is 75.2. The number of phosphoric acid groups is 3. The predicted octanol–water partition coefficient (Wildman–Crippen LogP) is -1.51. The summed E-state index contributed by atoms with van der Waals surface area (Å²) in [6, 6.07) is 0. The highest BCUT2D eigenvalue weighted by Crippen LogP contribution is 2.61. The van der Waals surface area contributed by atoms with Gasteiger partial charge in [0, 0.05) is 30.7 Å². The molecule has 3 heterocycles. The van der Waals surface area contributed by atoms with E-state index in [1.165, 1.54) is 20.8 Å². The van der Waals surface area contributed by atoms with Gasteiger partial charge in [0.05, 0.1) is 25.3 Å². The van der Waals surface area contributed by atoms with E-state index in [4.69, 9.17) is 19.5 Å². The van der Waals surface area contributed by atoms with Crippen molar-refractivity contribution in [3.8, 4) is 0 Å². The zero-order chi connectivity index (χ0) is 40.0. The van der Waals surface area contributed by atoms with Gasteiger partial charge in [0.1, 0.15) is 36.3 Å². The highest BCUT2D eigenvalue weighted by atomic mass is 33.1. The fraction of sp³-hybridized carbons (Fsp3) is 0.696. The molecule has 1 saturated heterocycles. The number of fused-ring (bicyclic) bond motifs is 1. The molecule has 3 rings (SSSR count). The van der Waals surface area contributed by atoms with Crippen molar-refractivity contribution in [1.29, 1.82) is 0 Å². The molecular formula is C23H40N7O18P3S2. The Hall–Kier alpha value is -2.16. The van der Waals surface area contributed by atoms with E-state index in [-0.39, 0.29) is 48.0 Å². The normalized spacial score (nSPS) is 22.6. The monoisotopic (exact) mass is 859 g/mol. The lowest BCUT2D eigenvalue weighted by Gasteiger charge is -2.30. The van der Waals surface area contributed by atoms with Crippen molar-refractivity contribution in [2.75, 3.05) is 43.5 Å². The lowest BCUT2D eigenvalue weighted by Crippen LogP contribution is -2.46. The summed E-state index contributed by atoms with van der Waals surface area (Å²) < 4.78 is 84.8. The molecule has 2 aromatic heterocycles. The van der Waals surface area contributed by atoms with Gasteiger partial charge >= 0.3 is 23.5 Å². The molecule has 30 heteroatoms. The molecule has 302 valence electrons. The number of aromatic nitrogens is 4. The third-order valence-electron chi connectivity index (χ3n) is 7.12. The first-order chi connectivity index (χ1) is 24.4. The second kappa shape index (κ2) is 18.2. The van der Waals surface area contributed by atoms with Crippen LogP contribution in [-0.2, 0) is 54.8 Å². The standard InChI is InChI=1S/C23H40N7O18P3S2/c1-4-53(42,43)52-8-7-25-14(31)5-6-26-21(34)18(33)23(2,3)10-45-51(40,41)48-50(38,39)44-9-13-17(47-49(35,36)37)16(32)22(46-13)30-12-29-15-19(24)27-11-28-20(15)30/h11-13,16-18,22,32-33H,4-10H2,1-3H3,(H,25,31)(H,26,34)(H,38,39)(H,40,41)(H2,24,27,28)(H2,35,36,37)/t13-,16-,17-,18+,22-/m1/s1. The fourth-order valence-electron chi connectivity index (χ4n) is 4.38. The van der Waals surface area contributed by atoms with Crippen LogP contribution in [0.25, 0.3) is 11.2 Å². The lowest BCUT2D eigenvalue weighted by molar-refractivity contribution is -0.137. The molecule has 0 spiro atoms. The number of rotatable bonds is 21. The van der Waals surface area contributed by atoms with E-state index in [0.717, 1.165) is 17.2 Å². The Balaban J connectivity index is 1.53. The van der Waals surface area contributed by atoms with E-state index in [9.17, 15) is 61.5 Å². The van der Waals surface area contributed by atoms with Gasteiger partial charge in [-0.1, -0.05) is 20.8 Å². The molecule has 2 unspecified atom stereocenters. The molecule has 0 radical (unpaired) electrons. The molecule has 0 bridgehead atoms. The first kappa shape index (κ1) is 45.2. The number of nitrogens with one attached hydrogen (secondary N) is 2. The van der Waals surface area contributed by atoms with Gasteiger partial charge in [-0.2, -0.15) is 4.31 Å². The molecule has 0 aliphatic carbocycles. The van der Waals surface area contributed by atoms with Gasteiger partial charge in [-0.05, 0) is 10.8 Å². The largest absolute Gasteiger partial charge is 0.481 e. The Morgan fingerprint density at radius 2 is 1.75 bits per heavy atom. The number of ether oxygens (including phenoxy) is 1. The SMILES string of the molecule is CCS(=O)(=O)SCCNC(=O)CCNC(=O)[C@H](O)C(C)(C)COP(=O)(O)OP(=O)(O)OC[C@H]1O[C@@H](n2cnc3c(N)ncnc32)[C@H](O)[C@@H]1OP(=O)(O)O. The second-order valence-corrected chi connectivity index (χ2v) is 20.5. The van der Waals surface area contributed by atoms with Crippen LogP contribution < -0.4 is 16.4 Å². The van der Waals surface area contributed by atoms with E-state index in [2.05, 4.69) is 34.4 Å². The summed E-state index contributed by atoms with van der Waals surface area (Å²) in [5, 5.41) is 26.1. The van der Waals surface area contributed by atoms with Crippen molar-refractivity contribution >= 4 is 71.9 Å². The third kappa shape index (κ3) is 13.5. The van der Waals surface area contributed by atoms with Crippen molar-refractivity contribution in [2.24, 2.45) is 5.41 Å². The Morgan fingerprint density at radius 3 is 2.40 bits per heavy atom. The Morgan fingerprint density at radius 1 is 1.09 bits per heavy atom. The van der Waals surface area contributed by atoms with E-state index in [0.29, 0.717) is 10.8 Å². The van der Waals surface area contributed by atoms with E-state index >= 15 is 0 Å². The fourth-order valence-corrected chi connectivity index (χ4v) is 9.33. The molecule has 2 amide bonds. The Kier molecular flexibility index (Phi) is 15.5. The zero-order valence-corrected chi connectivity index (χ0v) is 32.4. The highest BCUT2D eigenvalue weighted by Gasteiger charge is 2.50. The van der Waals surface area contributed by atoms with E-state index in [1.807, 2.05) is 0 Å². The molecule has 2 aromatic rings. The van der Waals surface area contributed by atoms with Gasteiger partial charge in [-0.3, -0.25) is 27.7 Å². The molecule has 25 nitrogen and oxygen atoms in total. The summed E-state index contributed by atoms with van der Waals surface area (Å²) in [6.45, 7) is 1.71. The minimum absolute atomic E-state index is 0.0241. The van der Waals surface area contributed by atoms with Crippen LogP contribution in [0.3, 0.4) is 0 Å². The second-order valence-electron chi connectivity index (χ2n) is 11.7. The van der Waals surface area contributed by atoms with Crippen molar-refractivity contribution in [3.05, 3.63) is 12.7 Å². The summed E-state index contributed by atoms with van der Waals surface area (Å²) in [5.74, 6) is -1.52. The predicted molar refractivity (Wildman–Crippen MR) is 182 cm³/mol. The van der Waals surface area contributed by atoms with Gasteiger partial charge in [-0.15, -0.1) is 0 Å². The number of nitrogen functional groups attached to an aromatic ring is 1. The quantitative estimate of drug-likeness (QED) is 0.0391. The van der Waals surface area contributed by atoms with Crippen LogP contribution in [0.2, 0.25) is 0 Å². The molecule has 0 aromatic carbocycles. The Bertz CT molecular complexity index is 1860. The van der Waals surface area contributed by atoms with Crippen LogP contribution in [0.15, 0.2) is 12.7 Å². The van der Waals surface area contributed by atoms with Crippen LogP contribution in [0.1, 0.15) is 33.4 Å². The number of hydrogen-bond acceptors (Lipinski definition) is 19. The van der Waals surface area contributed by atoms with Crippen LogP contribution in [0.5, 0.6) is 0 Å². The average Bonchev–Trinajstić information content (AvgIpc) is 3.61. The number of aliphatic hydroxyl groups excluding tert-OH is 2. The molecule has 0 saturated carbocycles. The van der Waals surface area contributed by atoms with E-state index in [1.54, 1.807) is 0 Å². The number of anilines is 1. The smallest absolute Gasteiger partial charge is 0.386 e. The topological polar surface area (TPSA) is 381 Å². The first-order valence-electron chi connectivity index (χ1n) is 15.1. The maximum Gasteiger partial charge on any atom is 0.481 e. The van der Waals surface area contributed by atoms with Crippen molar-refractivity contribution in [1.82, 2.24) is 30.2 Å². The van der Waals surface area contributed by atoms with Gasteiger partial charge in [0.2, 0.25) is 20.7 Å². The molecule has 1 fully saturated rings. The number of carbonyl (C=O) groups is 2. The maximum absolute atomic E-state index is 12.6. The van der Waals surface area contributed by atoms with Crippen molar-refractivity contribution < 1.29 is 84.1 Å². The Labute approximate surface area is 305 Å². The number of nitrogens with two attached hydrogens (primary N) is 1. The maximum atomic E-state index is 12.6. The minimum Gasteiger partial charge on any atom is -0.386 e. The lowest BCUT2D eigenvalue weighted by atomic mass is 9.87. The number of nitrogens with zero attached hydrogens (tertiary/aromatic N) is 4. The van der Waals surface area contributed by atoms with Crippen LogP contribution in [0, 0.1) is 5.41 Å². The van der Waals surface area contributed by atoms with Crippen LogP contribution in [0.4, 0.5) is 5.82 Å². The summed E-state index contributed by atoms with van der Waals surface area (Å²) in [6.07, 6.45) is -7.03. The number of aliphatic hydroxyl groups is 2. The third-order valence-corrected chi connectivity index (χ3v) is 13.9. The molecule has 1 aliphatic rings. The van der Waals surface area contributed by atoms with E-state index < -0.39 is 93.4 Å². The van der Waals surface area contributed by atoms with Gasteiger partial charge in [-0.25, -0.2) is 37.1 Å². The minimum atomic E-state index is -5.58. The molecule has 53 heavy (non-hydrogen) atoms. The van der Waals surface area contributed by atoms with Crippen LogP contribution >= 0.6 is 34.3 Å². The van der Waals surface area contributed by atoms with Gasteiger partial charge < -0.3 is 50.9 Å². The average molecular weight is 860 g/mol. The first-order valence-corrected chi connectivity index (χ1v) is 22.8. The molecule has 1 aliphatic heterocycles. The summed E-state index contributed by atoms with van der Waals surface area (Å²) in [5.41, 5.74) is 4.22. The molecule has 7 atom stereocenters.